The summed E-state index contributed by atoms with van der Waals surface area (Å²) in [6.45, 7) is 18.8. The van der Waals surface area contributed by atoms with Crippen LogP contribution in [-0.2, 0) is 44.1 Å². The van der Waals surface area contributed by atoms with Crippen molar-refractivity contribution in [3.05, 3.63) is 29.3 Å². The quantitative estimate of drug-likeness (QED) is 0.168. The molecule has 0 fully saturated rings. The lowest BCUT2D eigenvalue weighted by Crippen LogP contribution is -2.44. The van der Waals surface area contributed by atoms with Crippen LogP contribution in [0.25, 0.3) is 0 Å². The Hall–Kier alpha value is -1.53. The number of aliphatic hydroxyl groups excluding tert-OH is 1. The minimum atomic E-state index is -4.20. The lowest BCUT2D eigenvalue weighted by molar-refractivity contribution is -0.156. The number of benzene rings is 1. The molecule has 1 unspecified atom stereocenters. The van der Waals surface area contributed by atoms with E-state index < -0.39 is 53.0 Å². The Labute approximate surface area is 240 Å². The molecule has 0 radical (unpaired) electrons. The predicted octanol–water partition coefficient (Wildman–Crippen LogP) is 5.41. The molecule has 0 spiro atoms. The molecule has 0 amide bonds. The summed E-state index contributed by atoms with van der Waals surface area (Å²) in [6.07, 6.45) is -0.0693. The van der Waals surface area contributed by atoms with Crippen molar-refractivity contribution in [3.8, 4) is 5.75 Å². The van der Waals surface area contributed by atoms with E-state index >= 15 is 0 Å². The second-order valence-corrected chi connectivity index (χ2v) is 16.4. The van der Waals surface area contributed by atoms with E-state index in [2.05, 4.69) is 5.32 Å². The summed E-state index contributed by atoms with van der Waals surface area (Å²) in [6, 6.07) is 4.48. The Morgan fingerprint density at radius 1 is 0.950 bits per heavy atom. The lowest BCUT2D eigenvalue weighted by atomic mass is 9.99. The fourth-order valence-electron chi connectivity index (χ4n) is 3.32. The van der Waals surface area contributed by atoms with Crippen LogP contribution >= 0.6 is 7.82 Å². The van der Waals surface area contributed by atoms with Crippen LogP contribution < -0.4 is 9.84 Å². The van der Waals surface area contributed by atoms with Crippen LogP contribution in [0.3, 0.4) is 0 Å². The van der Waals surface area contributed by atoms with Gasteiger partial charge in [0, 0.05) is 17.6 Å². The molecule has 2 N–H and O–H groups in total. The molecule has 0 aliphatic heterocycles. The third-order valence-electron chi connectivity index (χ3n) is 4.66. The maximum absolute atomic E-state index is 13.7. The largest absolute Gasteiger partial charge is 0.531 e. The number of aliphatic hydroxyl groups is 1. The van der Waals surface area contributed by atoms with Gasteiger partial charge in [0.25, 0.3) is 10.1 Å². The zero-order valence-electron chi connectivity index (χ0n) is 25.9. The first kappa shape index (κ1) is 36.5. The molecule has 0 aliphatic carbocycles. The van der Waals surface area contributed by atoms with Crippen molar-refractivity contribution in [2.24, 2.45) is 0 Å². The minimum Gasteiger partial charge on any atom is -0.460 e. The molecule has 0 aromatic heterocycles. The minimum absolute atomic E-state index is 0.00893. The SMILES string of the molecule is CC(C)(CC(=O)OC(C)(C)C)NCC(O)c1ccc(OP(=O)(OC(C)(C)C)OC(C)(C)C)c(COS(C)(=O)=O)c1. The van der Waals surface area contributed by atoms with Gasteiger partial charge in [0.2, 0.25) is 0 Å². The van der Waals surface area contributed by atoms with Gasteiger partial charge in [-0.25, -0.2) is 4.57 Å². The number of hydrogen-bond donors (Lipinski definition) is 2. The van der Waals surface area contributed by atoms with E-state index in [-0.39, 0.29) is 30.2 Å². The zero-order valence-corrected chi connectivity index (χ0v) is 27.6. The Morgan fingerprint density at radius 3 is 1.93 bits per heavy atom. The van der Waals surface area contributed by atoms with Crippen molar-refractivity contribution < 1.29 is 45.4 Å². The average molecular weight is 610 g/mol. The summed E-state index contributed by atoms with van der Waals surface area (Å²) in [5.41, 5.74) is -2.47. The molecule has 232 valence electrons. The molecule has 1 aromatic rings. The van der Waals surface area contributed by atoms with Gasteiger partial charge in [-0.1, -0.05) is 6.07 Å². The highest BCUT2D eigenvalue weighted by Gasteiger charge is 2.39. The first-order chi connectivity index (χ1) is 17.7. The van der Waals surface area contributed by atoms with Crippen LogP contribution in [0.4, 0.5) is 0 Å². The smallest absolute Gasteiger partial charge is 0.460 e. The van der Waals surface area contributed by atoms with E-state index in [0.717, 1.165) is 6.26 Å². The van der Waals surface area contributed by atoms with Crippen LogP contribution in [0.2, 0.25) is 0 Å². The number of ether oxygens (including phenoxy) is 1. The third-order valence-corrected chi connectivity index (χ3v) is 7.17. The molecule has 1 atom stereocenters. The van der Waals surface area contributed by atoms with Gasteiger partial charge in [-0.05, 0) is 93.9 Å². The van der Waals surface area contributed by atoms with E-state index in [1.807, 2.05) is 13.8 Å². The summed E-state index contributed by atoms with van der Waals surface area (Å²) in [4.78, 5) is 12.3. The van der Waals surface area contributed by atoms with Crippen molar-refractivity contribution in [2.45, 2.75) is 118 Å². The number of phosphoric ester groups is 1. The topological polar surface area (TPSA) is 147 Å². The second-order valence-electron chi connectivity index (χ2n) is 13.3. The number of hydrogen-bond acceptors (Lipinski definition) is 11. The van der Waals surface area contributed by atoms with E-state index in [1.54, 1.807) is 68.4 Å². The number of carbonyl (C=O) groups excluding carboxylic acids is 1. The van der Waals surface area contributed by atoms with Gasteiger partial charge in [-0.2, -0.15) is 8.42 Å². The van der Waals surface area contributed by atoms with Gasteiger partial charge in [0.15, 0.2) is 0 Å². The molecular weight excluding hydrogens is 561 g/mol. The molecule has 0 aliphatic rings. The Bertz CT molecular complexity index is 1140. The Morgan fingerprint density at radius 2 is 1.48 bits per heavy atom. The number of carbonyl (C=O) groups is 1. The molecule has 1 rings (SSSR count). The predicted molar refractivity (Wildman–Crippen MR) is 153 cm³/mol. The zero-order chi connectivity index (χ0) is 31.4. The van der Waals surface area contributed by atoms with Crippen LogP contribution in [0, 0.1) is 0 Å². The maximum atomic E-state index is 13.7. The van der Waals surface area contributed by atoms with E-state index in [0.29, 0.717) is 5.56 Å². The van der Waals surface area contributed by atoms with Crippen molar-refractivity contribution in [3.63, 3.8) is 0 Å². The molecule has 0 saturated heterocycles. The standard InChI is InChI=1S/C27H48NO10PS/c1-24(2,3)35-23(30)16-27(10,11)28-17-21(29)19-13-14-22(20(15-19)18-34-40(12,32)33)36-39(31,37-25(4,5)6)38-26(7,8)9/h13-15,21,28-29H,16-18H2,1-12H3. The summed E-state index contributed by atoms with van der Waals surface area (Å²) in [5.74, 6) is -0.366. The maximum Gasteiger partial charge on any atom is 0.531 e. The summed E-state index contributed by atoms with van der Waals surface area (Å²) >= 11 is 0. The van der Waals surface area contributed by atoms with Gasteiger partial charge >= 0.3 is 13.8 Å². The van der Waals surface area contributed by atoms with E-state index in [1.165, 1.54) is 12.1 Å². The number of phosphoric acid groups is 1. The van der Waals surface area contributed by atoms with E-state index in [4.69, 9.17) is 22.5 Å². The first-order valence-corrected chi connectivity index (χ1v) is 16.3. The third kappa shape index (κ3) is 15.5. The van der Waals surface area contributed by atoms with Crippen molar-refractivity contribution >= 4 is 23.9 Å². The first-order valence-electron chi connectivity index (χ1n) is 13.0. The Kier molecular flexibility index (Phi) is 12.0. The molecule has 0 bridgehead atoms. The second kappa shape index (κ2) is 13.2. The molecule has 11 nitrogen and oxygen atoms in total. The van der Waals surface area contributed by atoms with Crippen molar-refractivity contribution in [2.75, 3.05) is 12.8 Å². The van der Waals surface area contributed by atoms with Gasteiger partial charge in [-0.15, -0.1) is 0 Å². The average Bonchev–Trinajstić information content (AvgIpc) is 2.65. The molecule has 0 heterocycles. The fourth-order valence-corrected chi connectivity index (χ4v) is 5.53. The number of rotatable bonds is 13. The monoisotopic (exact) mass is 609 g/mol. The summed E-state index contributed by atoms with van der Waals surface area (Å²) in [7, 11) is -8.04. The normalized spacial score (nSPS) is 14.6. The van der Waals surface area contributed by atoms with Gasteiger partial charge in [-0.3, -0.25) is 18.0 Å². The van der Waals surface area contributed by atoms with Gasteiger partial charge in [0.05, 0.1) is 36.6 Å². The van der Waals surface area contributed by atoms with Crippen molar-refractivity contribution in [1.29, 1.82) is 0 Å². The highest BCUT2D eigenvalue weighted by molar-refractivity contribution is 7.85. The summed E-state index contributed by atoms with van der Waals surface area (Å²) < 4.78 is 64.6. The van der Waals surface area contributed by atoms with E-state index in [9.17, 15) is 22.9 Å². The van der Waals surface area contributed by atoms with Crippen LogP contribution in [-0.4, -0.2) is 54.6 Å². The number of β-amino-alcohol motifs (C(OH)–C–C–N with tert-alkyl or cyclic N) is 1. The van der Waals surface area contributed by atoms with Crippen LogP contribution in [0.5, 0.6) is 5.75 Å². The Balaban J connectivity index is 3.25. The van der Waals surface area contributed by atoms with Crippen LogP contribution in [0.1, 0.15) is 99.8 Å². The van der Waals surface area contributed by atoms with Gasteiger partial charge in [0.1, 0.15) is 11.4 Å². The summed E-state index contributed by atoms with van der Waals surface area (Å²) in [5, 5.41) is 14.1. The number of esters is 1. The molecular formula is C27H48NO10PS. The van der Waals surface area contributed by atoms with Crippen LogP contribution in [0.15, 0.2) is 18.2 Å². The molecule has 40 heavy (non-hydrogen) atoms. The molecule has 0 saturated carbocycles. The number of nitrogens with one attached hydrogen (secondary N) is 1. The fraction of sp³-hybridized carbons (Fsp3) is 0.741. The molecule has 13 heteroatoms. The lowest BCUT2D eigenvalue weighted by Gasteiger charge is -2.31. The molecule has 1 aromatic carbocycles. The highest BCUT2D eigenvalue weighted by atomic mass is 32.2. The van der Waals surface area contributed by atoms with Crippen molar-refractivity contribution in [1.82, 2.24) is 5.32 Å². The van der Waals surface area contributed by atoms with Gasteiger partial charge < -0.3 is 19.7 Å². The highest BCUT2D eigenvalue weighted by Crippen LogP contribution is 2.55.